The third-order valence-electron chi connectivity index (χ3n) is 1.39. The summed E-state index contributed by atoms with van der Waals surface area (Å²) in [6.07, 6.45) is 7.24. The molecule has 0 saturated heterocycles. The molecule has 1 unspecified atom stereocenters. The quantitative estimate of drug-likeness (QED) is 0.469. The molecule has 11 heavy (non-hydrogen) atoms. The van der Waals surface area contributed by atoms with Crippen LogP contribution in [0, 0.1) is 0 Å². The Morgan fingerprint density at radius 1 is 1.73 bits per heavy atom. The van der Waals surface area contributed by atoms with E-state index in [0.717, 1.165) is 6.42 Å². The summed E-state index contributed by atoms with van der Waals surface area (Å²) in [5.74, 6) is 0. The van der Waals surface area contributed by atoms with Gasteiger partial charge in [-0.05, 0) is 25.8 Å². The van der Waals surface area contributed by atoms with Crippen molar-refractivity contribution >= 4 is 22.1 Å². The standard InChI is InChI=1S/C9H12BrN/c1-7(2)5-8-3-4-9(10)11-6-8/h3,5-6,9H,4H2,1-2H3. The molecule has 1 aliphatic rings. The largest absolute Gasteiger partial charge is 0.277 e. The third kappa shape index (κ3) is 3.02. The number of aliphatic imine (C=N–C) groups is 1. The minimum Gasteiger partial charge on any atom is -0.277 e. The number of nitrogens with zero attached hydrogens (tertiary/aromatic N) is 1. The molecule has 0 bridgehead atoms. The van der Waals surface area contributed by atoms with Gasteiger partial charge in [-0.3, -0.25) is 4.99 Å². The van der Waals surface area contributed by atoms with Crippen LogP contribution in [0.25, 0.3) is 0 Å². The fraction of sp³-hybridized carbons (Fsp3) is 0.444. The van der Waals surface area contributed by atoms with E-state index in [1.807, 2.05) is 6.21 Å². The molecule has 2 heteroatoms. The van der Waals surface area contributed by atoms with E-state index in [2.05, 4.69) is 46.9 Å². The van der Waals surface area contributed by atoms with Gasteiger partial charge in [0.25, 0.3) is 0 Å². The molecule has 1 atom stereocenters. The van der Waals surface area contributed by atoms with Gasteiger partial charge >= 0.3 is 0 Å². The number of rotatable bonds is 1. The van der Waals surface area contributed by atoms with Crippen LogP contribution in [0.2, 0.25) is 0 Å². The van der Waals surface area contributed by atoms with E-state index < -0.39 is 0 Å². The number of halogens is 1. The highest BCUT2D eigenvalue weighted by molar-refractivity contribution is 9.09. The summed E-state index contributed by atoms with van der Waals surface area (Å²) in [5.41, 5.74) is 2.54. The SMILES string of the molecule is CC(C)=CC1=CCC(Br)N=C1. The van der Waals surface area contributed by atoms with E-state index >= 15 is 0 Å². The van der Waals surface area contributed by atoms with Crippen LogP contribution in [0.5, 0.6) is 0 Å². The first kappa shape index (κ1) is 8.72. The van der Waals surface area contributed by atoms with Crippen molar-refractivity contribution in [1.29, 1.82) is 0 Å². The van der Waals surface area contributed by atoms with Gasteiger partial charge in [-0.25, -0.2) is 0 Å². The Hall–Kier alpha value is -0.370. The maximum atomic E-state index is 4.24. The Bertz CT molecular complexity index is 222. The third-order valence-corrected chi connectivity index (χ3v) is 2.00. The molecule has 0 saturated carbocycles. The number of hydrogen-bond donors (Lipinski definition) is 0. The minimum atomic E-state index is 0.289. The van der Waals surface area contributed by atoms with E-state index in [0.29, 0.717) is 0 Å². The number of dihydropyridines is 1. The van der Waals surface area contributed by atoms with Gasteiger partial charge in [0.15, 0.2) is 0 Å². The van der Waals surface area contributed by atoms with Gasteiger partial charge in [0, 0.05) is 6.21 Å². The fourth-order valence-electron chi connectivity index (χ4n) is 0.943. The van der Waals surface area contributed by atoms with Gasteiger partial charge in [0.1, 0.15) is 4.95 Å². The fourth-order valence-corrected chi connectivity index (χ4v) is 1.25. The van der Waals surface area contributed by atoms with Crippen LogP contribution in [-0.2, 0) is 0 Å². The predicted molar refractivity (Wildman–Crippen MR) is 53.3 cm³/mol. The van der Waals surface area contributed by atoms with Crippen LogP contribution in [0.3, 0.4) is 0 Å². The smallest absolute Gasteiger partial charge is 0.108 e. The monoisotopic (exact) mass is 213 g/mol. The molecule has 0 aromatic rings. The molecule has 0 amide bonds. The second-order valence-corrected chi connectivity index (χ2v) is 3.93. The Morgan fingerprint density at radius 3 is 2.91 bits per heavy atom. The van der Waals surface area contributed by atoms with Crippen LogP contribution in [0.4, 0.5) is 0 Å². The van der Waals surface area contributed by atoms with Crippen molar-refractivity contribution in [3.8, 4) is 0 Å². The second kappa shape index (κ2) is 3.86. The normalized spacial score (nSPS) is 22.8. The second-order valence-electron chi connectivity index (χ2n) is 2.87. The van der Waals surface area contributed by atoms with E-state index in [4.69, 9.17) is 0 Å². The Labute approximate surface area is 76.0 Å². The predicted octanol–water partition coefficient (Wildman–Crippen LogP) is 3.07. The Kier molecular flexibility index (Phi) is 3.06. The van der Waals surface area contributed by atoms with Crippen molar-refractivity contribution < 1.29 is 0 Å². The lowest BCUT2D eigenvalue weighted by Crippen LogP contribution is -1.99. The Balaban J connectivity index is 2.64. The molecule has 0 radical (unpaired) electrons. The maximum absolute atomic E-state index is 4.24. The summed E-state index contributed by atoms with van der Waals surface area (Å²) in [5, 5.41) is 0. The van der Waals surface area contributed by atoms with Crippen molar-refractivity contribution in [2.24, 2.45) is 4.99 Å². The molecule has 1 rings (SSSR count). The zero-order valence-corrected chi connectivity index (χ0v) is 8.43. The van der Waals surface area contributed by atoms with Crippen LogP contribution in [-0.4, -0.2) is 11.2 Å². The molecule has 60 valence electrons. The van der Waals surface area contributed by atoms with Crippen molar-refractivity contribution in [2.75, 3.05) is 0 Å². The zero-order valence-electron chi connectivity index (χ0n) is 6.84. The molecular weight excluding hydrogens is 202 g/mol. The maximum Gasteiger partial charge on any atom is 0.108 e. The van der Waals surface area contributed by atoms with Crippen molar-refractivity contribution in [2.45, 2.75) is 25.2 Å². The van der Waals surface area contributed by atoms with E-state index in [-0.39, 0.29) is 4.95 Å². The Morgan fingerprint density at radius 2 is 2.45 bits per heavy atom. The minimum absolute atomic E-state index is 0.289. The molecule has 1 nitrogen and oxygen atoms in total. The highest BCUT2D eigenvalue weighted by Crippen LogP contribution is 2.14. The van der Waals surface area contributed by atoms with Crippen LogP contribution in [0.1, 0.15) is 20.3 Å². The summed E-state index contributed by atoms with van der Waals surface area (Å²) >= 11 is 3.42. The van der Waals surface area contributed by atoms with E-state index in [1.54, 1.807) is 0 Å². The van der Waals surface area contributed by atoms with Crippen LogP contribution in [0.15, 0.2) is 28.3 Å². The van der Waals surface area contributed by atoms with E-state index in [1.165, 1.54) is 11.1 Å². The number of allylic oxidation sites excluding steroid dienone is 3. The van der Waals surface area contributed by atoms with Crippen molar-refractivity contribution in [3.63, 3.8) is 0 Å². The first-order valence-corrected chi connectivity index (χ1v) is 4.62. The highest BCUT2D eigenvalue weighted by Gasteiger charge is 2.02. The summed E-state index contributed by atoms with van der Waals surface area (Å²) in [6.45, 7) is 4.18. The number of alkyl halides is 1. The molecule has 1 aliphatic heterocycles. The first-order chi connectivity index (χ1) is 5.18. The lowest BCUT2D eigenvalue weighted by molar-refractivity contribution is 0.941. The summed E-state index contributed by atoms with van der Waals surface area (Å²) in [7, 11) is 0. The van der Waals surface area contributed by atoms with E-state index in [9.17, 15) is 0 Å². The van der Waals surface area contributed by atoms with Gasteiger partial charge in [-0.2, -0.15) is 0 Å². The van der Waals surface area contributed by atoms with Gasteiger partial charge < -0.3 is 0 Å². The van der Waals surface area contributed by atoms with Crippen LogP contribution < -0.4 is 0 Å². The summed E-state index contributed by atoms with van der Waals surface area (Å²) < 4.78 is 0. The lowest BCUT2D eigenvalue weighted by Gasteiger charge is -2.06. The van der Waals surface area contributed by atoms with Crippen LogP contribution >= 0.6 is 15.9 Å². The molecule has 0 aliphatic carbocycles. The average molecular weight is 214 g/mol. The topological polar surface area (TPSA) is 12.4 Å². The molecule has 0 fully saturated rings. The van der Waals surface area contributed by atoms with Gasteiger partial charge in [0.05, 0.1) is 0 Å². The average Bonchev–Trinajstić information content (AvgIpc) is 1.93. The lowest BCUT2D eigenvalue weighted by atomic mass is 10.1. The van der Waals surface area contributed by atoms with Gasteiger partial charge in [-0.1, -0.05) is 33.7 Å². The summed E-state index contributed by atoms with van der Waals surface area (Å²) in [6, 6.07) is 0. The number of hydrogen-bond acceptors (Lipinski definition) is 1. The molecule has 0 spiro atoms. The molecular formula is C9H12BrN. The molecule has 0 N–H and O–H groups in total. The van der Waals surface area contributed by atoms with Gasteiger partial charge in [0.2, 0.25) is 0 Å². The summed E-state index contributed by atoms with van der Waals surface area (Å²) in [4.78, 5) is 4.53. The zero-order chi connectivity index (χ0) is 8.27. The van der Waals surface area contributed by atoms with Crippen molar-refractivity contribution in [1.82, 2.24) is 0 Å². The van der Waals surface area contributed by atoms with Crippen molar-refractivity contribution in [3.05, 3.63) is 23.3 Å². The van der Waals surface area contributed by atoms with Gasteiger partial charge in [-0.15, -0.1) is 0 Å². The highest BCUT2D eigenvalue weighted by atomic mass is 79.9. The first-order valence-electron chi connectivity index (χ1n) is 3.71. The molecule has 0 aromatic carbocycles. The molecule has 0 aromatic heterocycles. The molecule has 1 heterocycles.